The molecule has 2 atom stereocenters. The van der Waals surface area contributed by atoms with Gasteiger partial charge in [0.15, 0.2) is 11.6 Å². The first-order valence-electron chi connectivity index (χ1n) is 7.06. The van der Waals surface area contributed by atoms with Gasteiger partial charge < -0.3 is 15.8 Å². The Hall–Kier alpha value is -1.69. The molecule has 0 aliphatic heterocycles. The minimum absolute atomic E-state index is 0.0172. The number of primary amides is 1. The van der Waals surface area contributed by atoms with E-state index in [-0.39, 0.29) is 24.2 Å². The molecule has 3 N–H and O–H groups in total. The largest absolute Gasteiger partial charge is 0.491 e. The Balaban J connectivity index is 1.95. The molecule has 0 radical (unpaired) electrons. The Morgan fingerprint density at radius 2 is 2.29 bits per heavy atom. The van der Waals surface area contributed by atoms with Crippen LogP contribution in [-0.2, 0) is 4.79 Å². The summed E-state index contributed by atoms with van der Waals surface area (Å²) in [5, 5.41) is 3.04. The lowest BCUT2D eigenvalue weighted by molar-refractivity contribution is -0.125. The molecule has 0 saturated heterocycles. The maximum atomic E-state index is 13.4. The third-order valence-electron chi connectivity index (χ3n) is 4.32. The van der Waals surface area contributed by atoms with Gasteiger partial charge in [-0.2, -0.15) is 0 Å². The van der Waals surface area contributed by atoms with E-state index >= 15 is 0 Å². The average Bonchev–Trinajstić information content (AvgIpc) is 2.85. The summed E-state index contributed by atoms with van der Waals surface area (Å²) >= 11 is 0. The number of hydrogen-bond donors (Lipinski definition) is 2. The molecular formula is C15H20F2N2O2. The Bertz CT molecular complexity index is 524. The second-order valence-corrected chi connectivity index (χ2v) is 5.39. The molecule has 4 nitrogen and oxygen atoms in total. The predicted molar refractivity (Wildman–Crippen MR) is 74.8 cm³/mol. The van der Waals surface area contributed by atoms with E-state index in [1.165, 1.54) is 6.07 Å². The van der Waals surface area contributed by atoms with Crippen LogP contribution in [0, 0.1) is 17.6 Å². The summed E-state index contributed by atoms with van der Waals surface area (Å²) in [7, 11) is 1.73. The summed E-state index contributed by atoms with van der Waals surface area (Å²) in [6, 6.07) is 3.19. The summed E-state index contributed by atoms with van der Waals surface area (Å²) in [6.07, 6.45) is 3.08. The van der Waals surface area contributed by atoms with Crippen molar-refractivity contribution in [3.63, 3.8) is 0 Å². The summed E-state index contributed by atoms with van der Waals surface area (Å²) in [6.45, 7) is 0.254. The van der Waals surface area contributed by atoms with Gasteiger partial charge in [-0.15, -0.1) is 0 Å². The Labute approximate surface area is 122 Å². The van der Waals surface area contributed by atoms with Gasteiger partial charge in [0.25, 0.3) is 0 Å². The van der Waals surface area contributed by atoms with Gasteiger partial charge in [-0.1, -0.05) is 6.42 Å². The molecule has 0 heterocycles. The Kier molecular flexibility index (Phi) is 4.77. The van der Waals surface area contributed by atoms with E-state index in [1.54, 1.807) is 7.05 Å². The topological polar surface area (TPSA) is 64.3 Å². The van der Waals surface area contributed by atoms with Crippen molar-refractivity contribution in [1.82, 2.24) is 5.32 Å². The fourth-order valence-electron chi connectivity index (χ4n) is 3.15. The number of carbonyl (C=O) groups excluding carboxylic acids is 1. The van der Waals surface area contributed by atoms with Crippen LogP contribution in [0.15, 0.2) is 18.2 Å². The third-order valence-corrected chi connectivity index (χ3v) is 4.32. The van der Waals surface area contributed by atoms with Crippen LogP contribution in [0.3, 0.4) is 0 Å². The SMILES string of the molecule is CNC1(C(N)=O)CCCC1CCOc1ccc(F)cc1F. The zero-order valence-corrected chi connectivity index (χ0v) is 12.0. The van der Waals surface area contributed by atoms with Gasteiger partial charge in [0.2, 0.25) is 5.91 Å². The number of rotatable bonds is 6. The van der Waals surface area contributed by atoms with Crippen molar-refractivity contribution in [1.29, 1.82) is 0 Å². The number of carbonyl (C=O) groups is 1. The number of benzene rings is 1. The van der Waals surface area contributed by atoms with Gasteiger partial charge in [-0.3, -0.25) is 4.79 Å². The van der Waals surface area contributed by atoms with Crippen molar-refractivity contribution in [2.45, 2.75) is 31.2 Å². The summed E-state index contributed by atoms with van der Waals surface area (Å²) in [5.74, 6) is -1.65. The van der Waals surface area contributed by atoms with E-state index < -0.39 is 17.2 Å². The van der Waals surface area contributed by atoms with Crippen molar-refractivity contribution in [2.24, 2.45) is 11.7 Å². The Morgan fingerprint density at radius 1 is 1.52 bits per heavy atom. The highest BCUT2D eigenvalue weighted by Crippen LogP contribution is 2.37. The molecule has 1 amide bonds. The average molecular weight is 298 g/mol. The van der Waals surface area contributed by atoms with Crippen molar-refractivity contribution in [3.8, 4) is 5.75 Å². The molecule has 0 aromatic heterocycles. The number of amides is 1. The van der Waals surface area contributed by atoms with Crippen LogP contribution >= 0.6 is 0 Å². The zero-order chi connectivity index (χ0) is 15.5. The molecule has 0 spiro atoms. The number of ether oxygens (including phenoxy) is 1. The van der Waals surface area contributed by atoms with E-state index in [4.69, 9.17) is 10.5 Å². The van der Waals surface area contributed by atoms with E-state index in [0.29, 0.717) is 12.8 Å². The zero-order valence-electron chi connectivity index (χ0n) is 12.0. The molecule has 21 heavy (non-hydrogen) atoms. The fraction of sp³-hybridized carbons (Fsp3) is 0.533. The van der Waals surface area contributed by atoms with Crippen molar-refractivity contribution >= 4 is 5.91 Å². The van der Waals surface area contributed by atoms with Crippen molar-refractivity contribution in [3.05, 3.63) is 29.8 Å². The van der Waals surface area contributed by atoms with Crippen molar-refractivity contribution in [2.75, 3.05) is 13.7 Å². The van der Waals surface area contributed by atoms with E-state index in [2.05, 4.69) is 5.32 Å². The van der Waals surface area contributed by atoms with Crippen LogP contribution in [-0.4, -0.2) is 25.1 Å². The van der Waals surface area contributed by atoms with Crippen LogP contribution in [0.2, 0.25) is 0 Å². The van der Waals surface area contributed by atoms with Crippen LogP contribution in [0.1, 0.15) is 25.7 Å². The van der Waals surface area contributed by atoms with Gasteiger partial charge in [0.1, 0.15) is 11.4 Å². The lowest BCUT2D eigenvalue weighted by Gasteiger charge is -2.32. The molecule has 1 aromatic carbocycles. The smallest absolute Gasteiger partial charge is 0.238 e. The van der Waals surface area contributed by atoms with Crippen LogP contribution in [0.4, 0.5) is 8.78 Å². The quantitative estimate of drug-likeness (QED) is 0.844. The van der Waals surface area contributed by atoms with E-state index in [9.17, 15) is 13.6 Å². The van der Waals surface area contributed by atoms with Gasteiger partial charge >= 0.3 is 0 Å². The van der Waals surface area contributed by atoms with Gasteiger partial charge in [-0.05, 0) is 44.4 Å². The molecule has 2 rings (SSSR count). The number of hydrogen-bond acceptors (Lipinski definition) is 3. The highest BCUT2D eigenvalue weighted by atomic mass is 19.1. The minimum Gasteiger partial charge on any atom is -0.491 e. The lowest BCUT2D eigenvalue weighted by Crippen LogP contribution is -2.56. The van der Waals surface area contributed by atoms with Gasteiger partial charge in [-0.25, -0.2) is 8.78 Å². The first-order valence-corrected chi connectivity index (χ1v) is 7.06. The summed E-state index contributed by atoms with van der Waals surface area (Å²) < 4.78 is 31.6. The normalized spacial score (nSPS) is 25.0. The maximum Gasteiger partial charge on any atom is 0.238 e. The Morgan fingerprint density at radius 3 is 2.90 bits per heavy atom. The molecular weight excluding hydrogens is 278 g/mol. The lowest BCUT2D eigenvalue weighted by atomic mass is 9.84. The highest BCUT2D eigenvalue weighted by Gasteiger charge is 2.46. The highest BCUT2D eigenvalue weighted by molar-refractivity contribution is 5.85. The van der Waals surface area contributed by atoms with Gasteiger partial charge in [0.05, 0.1) is 6.61 Å². The molecule has 1 aliphatic rings. The van der Waals surface area contributed by atoms with Crippen LogP contribution in [0.5, 0.6) is 5.75 Å². The summed E-state index contributed by atoms with van der Waals surface area (Å²) in [4.78, 5) is 11.7. The molecule has 2 unspecified atom stereocenters. The first kappa shape index (κ1) is 15.7. The first-order chi connectivity index (χ1) is 9.99. The third kappa shape index (κ3) is 3.15. The standard InChI is InChI=1S/C15H20F2N2O2/c1-19-15(14(18)20)7-2-3-10(15)6-8-21-13-5-4-11(16)9-12(13)17/h4-5,9-10,19H,2-3,6-8H2,1H3,(H2,18,20). The maximum absolute atomic E-state index is 13.4. The van der Waals surface area contributed by atoms with Crippen molar-refractivity contribution < 1.29 is 18.3 Å². The number of nitrogens with two attached hydrogens (primary N) is 1. The molecule has 116 valence electrons. The minimum atomic E-state index is -0.726. The molecule has 0 bridgehead atoms. The van der Waals surface area contributed by atoms with Gasteiger partial charge in [0, 0.05) is 6.07 Å². The van der Waals surface area contributed by atoms with E-state index in [1.807, 2.05) is 0 Å². The fourth-order valence-corrected chi connectivity index (χ4v) is 3.15. The molecule has 1 aromatic rings. The molecule has 6 heteroatoms. The second kappa shape index (κ2) is 6.39. The monoisotopic (exact) mass is 298 g/mol. The number of likely N-dealkylation sites (N-methyl/N-ethyl adjacent to an activating group) is 1. The molecule has 1 fully saturated rings. The second-order valence-electron chi connectivity index (χ2n) is 5.39. The summed E-state index contributed by atoms with van der Waals surface area (Å²) in [5.41, 5.74) is 4.81. The van der Waals surface area contributed by atoms with E-state index in [0.717, 1.165) is 25.0 Å². The van der Waals surface area contributed by atoms with Crippen LogP contribution in [0.25, 0.3) is 0 Å². The molecule has 1 aliphatic carbocycles. The van der Waals surface area contributed by atoms with Crippen LogP contribution < -0.4 is 15.8 Å². The number of nitrogens with one attached hydrogen (secondary N) is 1. The predicted octanol–water partition coefficient (Wildman–Crippen LogP) is 1.98. The molecule has 1 saturated carbocycles. The number of halogens is 2.